The normalized spacial score (nSPS) is 12.2. The summed E-state index contributed by atoms with van der Waals surface area (Å²) >= 11 is 3.45. The first-order chi connectivity index (χ1) is 19.3. The smallest absolute Gasteiger partial charge is 0.243 e. The van der Waals surface area contributed by atoms with E-state index in [9.17, 15) is 26.8 Å². The van der Waals surface area contributed by atoms with Crippen molar-refractivity contribution in [1.29, 1.82) is 0 Å². The van der Waals surface area contributed by atoms with E-state index in [-0.39, 0.29) is 55.9 Å². The topological polar surface area (TPSA) is 86.8 Å². The van der Waals surface area contributed by atoms with Gasteiger partial charge in [-0.1, -0.05) is 58.4 Å². The van der Waals surface area contributed by atoms with Gasteiger partial charge in [0.1, 0.15) is 6.04 Å². The third-order valence-electron chi connectivity index (χ3n) is 6.29. The summed E-state index contributed by atoms with van der Waals surface area (Å²) in [6.07, 6.45) is 1.25. The summed E-state index contributed by atoms with van der Waals surface area (Å²) in [5.74, 6) is -2.91. The number of amides is 2. The number of halogens is 3. The van der Waals surface area contributed by atoms with Gasteiger partial charge in [0.25, 0.3) is 0 Å². The van der Waals surface area contributed by atoms with Crippen LogP contribution in [0.15, 0.2) is 77.3 Å². The van der Waals surface area contributed by atoms with E-state index in [1.54, 1.807) is 0 Å². The number of anilines is 1. The number of rotatable bonds is 13. The summed E-state index contributed by atoms with van der Waals surface area (Å²) in [4.78, 5) is 28.8. The van der Waals surface area contributed by atoms with E-state index in [0.717, 1.165) is 38.3 Å². The number of benzene rings is 3. The largest absolute Gasteiger partial charge is 0.352 e. The van der Waals surface area contributed by atoms with Crippen LogP contribution < -0.4 is 9.62 Å². The molecule has 0 radical (unpaired) electrons. The van der Waals surface area contributed by atoms with Gasteiger partial charge in [0.15, 0.2) is 11.6 Å². The fourth-order valence-electron chi connectivity index (χ4n) is 4.41. The lowest BCUT2D eigenvalue weighted by atomic mass is 10.0. The van der Waals surface area contributed by atoms with Crippen molar-refractivity contribution in [2.45, 2.75) is 51.7 Å². The van der Waals surface area contributed by atoms with Crippen molar-refractivity contribution in [3.63, 3.8) is 0 Å². The van der Waals surface area contributed by atoms with Crippen LogP contribution in [-0.4, -0.2) is 50.0 Å². The zero-order valence-corrected chi connectivity index (χ0v) is 25.6. The molecule has 0 heterocycles. The van der Waals surface area contributed by atoms with E-state index in [2.05, 4.69) is 21.2 Å². The molecule has 1 N–H and O–H groups in total. The third kappa shape index (κ3) is 9.64. The molecule has 0 bridgehead atoms. The van der Waals surface area contributed by atoms with E-state index in [0.29, 0.717) is 0 Å². The zero-order valence-electron chi connectivity index (χ0n) is 23.2. The minimum absolute atomic E-state index is 0.0388. The summed E-state index contributed by atoms with van der Waals surface area (Å²) in [7, 11) is -3.85. The molecule has 0 aliphatic carbocycles. The molecule has 1 atom stereocenters. The molecule has 0 spiro atoms. The highest BCUT2D eigenvalue weighted by Gasteiger charge is 2.31. The minimum Gasteiger partial charge on any atom is -0.352 e. The average Bonchev–Trinajstić information content (AvgIpc) is 2.89. The van der Waals surface area contributed by atoms with Gasteiger partial charge in [0.2, 0.25) is 21.8 Å². The van der Waals surface area contributed by atoms with Gasteiger partial charge >= 0.3 is 0 Å². The van der Waals surface area contributed by atoms with Gasteiger partial charge in [-0.05, 0) is 55.7 Å². The molecule has 11 heteroatoms. The molecule has 2 amide bonds. The Bertz CT molecular complexity index is 1460. The number of nitrogens with one attached hydrogen (secondary N) is 1. The maximum Gasteiger partial charge on any atom is 0.243 e. The number of nitrogens with zero attached hydrogens (tertiary/aromatic N) is 2. The van der Waals surface area contributed by atoms with Crippen LogP contribution in [0.1, 0.15) is 37.8 Å². The van der Waals surface area contributed by atoms with Crippen LogP contribution in [0.25, 0.3) is 0 Å². The lowest BCUT2D eigenvalue weighted by Gasteiger charge is -2.32. The molecule has 3 rings (SSSR count). The molecular weight excluding hydrogens is 616 g/mol. The number of hydrogen-bond donors (Lipinski definition) is 1. The van der Waals surface area contributed by atoms with Crippen molar-refractivity contribution in [2.75, 3.05) is 17.1 Å². The van der Waals surface area contributed by atoms with E-state index in [1.807, 2.05) is 68.4 Å². The number of carbonyl (C=O) groups excluding carboxylic acids is 2. The molecule has 7 nitrogen and oxygen atoms in total. The van der Waals surface area contributed by atoms with Gasteiger partial charge < -0.3 is 10.2 Å². The number of sulfonamides is 1. The Labute approximate surface area is 248 Å². The van der Waals surface area contributed by atoms with Crippen LogP contribution in [0.2, 0.25) is 0 Å². The first kappa shape index (κ1) is 32.2. The zero-order chi connectivity index (χ0) is 30.2. The van der Waals surface area contributed by atoms with Crippen LogP contribution in [0.4, 0.5) is 14.5 Å². The molecule has 0 fully saturated rings. The second kappa shape index (κ2) is 14.5. The van der Waals surface area contributed by atoms with E-state index < -0.39 is 27.7 Å². The fraction of sp³-hybridized carbons (Fsp3) is 0.333. The van der Waals surface area contributed by atoms with Crippen molar-refractivity contribution >= 4 is 43.5 Å². The summed E-state index contributed by atoms with van der Waals surface area (Å²) < 4.78 is 54.0. The van der Waals surface area contributed by atoms with Crippen LogP contribution in [0.3, 0.4) is 0 Å². The molecule has 0 saturated carbocycles. The molecule has 41 heavy (non-hydrogen) atoms. The van der Waals surface area contributed by atoms with Gasteiger partial charge in [-0.25, -0.2) is 17.2 Å². The molecule has 0 aliphatic heterocycles. The lowest BCUT2D eigenvalue weighted by molar-refractivity contribution is -0.141. The quantitative estimate of drug-likeness (QED) is 0.267. The van der Waals surface area contributed by atoms with E-state index in [4.69, 9.17) is 0 Å². The maximum atomic E-state index is 13.9. The Morgan fingerprint density at radius 2 is 1.61 bits per heavy atom. The molecule has 0 unspecified atom stereocenters. The van der Waals surface area contributed by atoms with Crippen molar-refractivity contribution in [3.8, 4) is 0 Å². The Hall–Kier alpha value is -3.31. The minimum atomic E-state index is -3.85. The first-order valence-electron chi connectivity index (χ1n) is 13.2. The second-order valence-electron chi connectivity index (χ2n) is 10.1. The predicted octanol–water partition coefficient (Wildman–Crippen LogP) is 5.44. The second-order valence-corrected chi connectivity index (χ2v) is 12.9. The van der Waals surface area contributed by atoms with Crippen molar-refractivity contribution in [1.82, 2.24) is 10.2 Å². The Balaban J connectivity index is 1.89. The molecule has 0 saturated heterocycles. The van der Waals surface area contributed by atoms with Crippen LogP contribution >= 0.6 is 15.9 Å². The molecule has 3 aromatic rings. The highest BCUT2D eigenvalue weighted by Crippen LogP contribution is 2.23. The standard InChI is InChI=1S/C30H34BrF2N3O4S/c1-21(2)34-30(38)28(18-22-9-5-4-6-10-22)35(20-23-11-7-12-24(31)17-23)29(37)13-8-16-36(41(3,39)40)25-14-15-26(32)27(33)19-25/h4-7,9-12,14-15,17,19,21,28H,8,13,16,18,20H2,1-3H3,(H,34,38)/t28-/m1/s1. The molecule has 0 aromatic heterocycles. The molecule has 3 aromatic carbocycles. The van der Waals surface area contributed by atoms with Gasteiger partial charge in [0.05, 0.1) is 11.9 Å². The van der Waals surface area contributed by atoms with Crippen molar-refractivity contribution in [2.24, 2.45) is 0 Å². The highest BCUT2D eigenvalue weighted by atomic mass is 79.9. The Morgan fingerprint density at radius 3 is 2.22 bits per heavy atom. The monoisotopic (exact) mass is 649 g/mol. The fourth-order valence-corrected chi connectivity index (χ4v) is 5.81. The summed E-state index contributed by atoms with van der Waals surface area (Å²) in [6.45, 7) is 3.70. The lowest BCUT2D eigenvalue weighted by Crippen LogP contribution is -2.51. The molecule has 0 aliphatic rings. The third-order valence-corrected chi connectivity index (χ3v) is 7.97. The van der Waals surface area contributed by atoms with Crippen LogP contribution in [-0.2, 0) is 32.6 Å². The van der Waals surface area contributed by atoms with Crippen LogP contribution in [0, 0.1) is 11.6 Å². The van der Waals surface area contributed by atoms with E-state index in [1.165, 1.54) is 11.0 Å². The molecular formula is C30H34BrF2N3O4S. The van der Waals surface area contributed by atoms with Crippen LogP contribution in [0.5, 0.6) is 0 Å². The maximum absolute atomic E-state index is 13.9. The number of hydrogen-bond acceptors (Lipinski definition) is 4. The summed E-state index contributed by atoms with van der Waals surface area (Å²) in [5, 5.41) is 2.93. The summed E-state index contributed by atoms with van der Waals surface area (Å²) in [5.41, 5.74) is 1.65. The summed E-state index contributed by atoms with van der Waals surface area (Å²) in [6, 6.07) is 18.7. The highest BCUT2D eigenvalue weighted by molar-refractivity contribution is 9.10. The van der Waals surface area contributed by atoms with Gasteiger partial charge in [-0.2, -0.15) is 0 Å². The average molecular weight is 651 g/mol. The van der Waals surface area contributed by atoms with Gasteiger partial charge in [-0.15, -0.1) is 0 Å². The van der Waals surface area contributed by atoms with Crippen molar-refractivity contribution < 1.29 is 26.8 Å². The van der Waals surface area contributed by atoms with E-state index >= 15 is 0 Å². The Kier molecular flexibility index (Phi) is 11.4. The van der Waals surface area contributed by atoms with Crippen molar-refractivity contribution in [3.05, 3.63) is 100 Å². The van der Waals surface area contributed by atoms with Gasteiger partial charge in [-0.3, -0.25) is 13.9 Å². The number of carbonyl (C=O) groups is 2. The predicted molar refractivity (Wildman–Crippen MR) is 160 cm³/mol. The molecule has 220 valence electrons. The first-order valence-corrected chi connectivity index (χ1v) is 15.8. The SMILES string of the molecule is CC(C)NC(=O)[C@@H](Cc1ccccc1)N(Cc1cccc(Br)c1)C(=O)CCCN(c1ccc(F)c(F)c1)S(C)(=O)=O. The van der Waals surface area contributed by atoms with Gasteiger partial charge in [0, 0.05) is 42.5 Å². The Morgan fingerprint density at radius 1 is 0.927 bits per heavy atom.